The van der Waals surface area contributed by atoms with Gasteiger partial charge in [0.1, 0.15) is 21.2 Å². The van der Waals surface area contributed by atoms with Crippen LogP contribution in [-0.4, -0.2) is 75.3 Å². The van der Waals surface area contributed by atoms with Gasteiger partial charge < -0.3 is 26.2 Å². The number of anilines is 4. The van der Waals surface area contributed by atoms with Crippen LogP contribution in [0.1, 0.15) is 27.9 Å². The van der Waals surface area contributed by atoms with Crippen LogP contribution in [0.25, 0.3) is 21.5 Å². The van der Waals surface area contributed by atoms with Gasteiger partial charge in [-0.1, -0.05) is 0 Å². The summed E-state index contributed by atoms with van der Waals surface area (Å²) in [5, 5.41) is 34.6. The number of hydrogen-bond acceptors (Lipinski definition) is 17. The standard InChI is InChI=1S/C44H39N7O15S4/c1-24-17-38(50-51-42-41(70(63,64)65)21-28-19-30(9-12-35(28)43(42)52)46-32-10-13-36(45)40(22-32)69(60,61)62)25(2)16-37(24)49-48-29-6-4-26(5-7-29)44(53)47-31-8-11-34-27(18-31)20-33(68(57,58)59)23-39(34)66-14-3-15-67(54,55)56/h4-13,16-23,46,52H,3,14-15,45H2,1-2H3,(H,47,53)(H,54,55,56)(H,57,58,59)(H,60,61,62)(H,63,64,65). The number of ether oxygens (including phenoxy) is 1. The molecule has 0 saturated heterocycles. The van der Waals surface area contributed by atoms with Gasteiger partial charge in [-0.25, -0.2) is 0 Å². The van der Waals surface area contributed by atoms with Gasteiger partial charge in [0.25, 0.3) is 46.4 Å². The fourth-order valence-corrected chi connectivity index (χ4v) is 9.22. The number of carbonyl (C=O) groups is 1. The summed E-state index contributed by atoms with van der Waals surface area (Å²) in [6, 6.07) is 25.2. The SMILES string of the molecule is Cc1cc(N=Nc2c(S(=O)(=O)O)cc3cc(Nc4ccc(N)c(S(=O)(=O)O)c4)ccc3c2O)c(C)cc1N=Nc1ccc(C(=O)Nc2ccc3c(OCCCS(=O)(=O)O)cc(S(=O)(=O)O)cc3c2)cc1. The van der Waals surface area contributed by atoms with Crippen molar-refractivity contribution >= 4 is 113 Å². The molecule has 22 nitrogen and oxygen atoms in total. The van der Waals surface area contributed by atoms with E-state index in [1.165, 1.54) is 78.9 Å². The number of nitrogens with zero attached hydrogens (tertiary/aromatic N) is 4. The van der Waals surface area contributed by atoms with E-state index in [9.17, 15) is 57.2 Å². The highest BCUT2D eigenvalue weighted by molar-refractivity contribution is 7.86. The highest BCUT2D eigenvalue weighted by atomic mass is 32.2. The molecule has 7 aromatic rings. The zero-order valence-electron chi connectivity index (χ0n) is 36.3. The van der Waals surface area contributed by atoms with Crippen molar-refractivity contribution in [3.63, 3.8) is 0 Å². The molecule has 0 unspecified atom stereocenters. The fourth-order valence-electron chi connectivity index (χ4n) is 6.90. The predicted octanol–water partition coefficient (Wildman–Crippen LogP) is 9.12. The first-order valence-corrected chi connectivity index (χ1v) is 26.1. The number of phenolic OH excluding ortho intramolecular Hbond substituents is 1. The molecule has 0 radical (unpaired) electrons. The summed E-state index contributed by atoms with van der Waals surface area (Å²) < 4.78 is 139. The van der Waals surface area contributed by atoms with E-state index in [1.54, 1.807) is 26.0 Å². The zero-order valence-corrected chi connectivity index (χ0v) is 39.6. The first-order chi connectivity index (χ1) is 32.7. The van der Waals surface area contributed by atoms with Crippen molar-refractivity contribution in [1.82, 2.24) is 0 Å². The molecule has 7 rings (SSSR count). The number of nitrogens with one attached hydrogen (secondary N) is 2. The second-order valence-electron chi connectivity index (χ2n) is 15.5. The van der Waals surface area contributed by atoms with Crippen LogP contribution in [0.15, 0.2) is 144 Å². The number of aromatic hydroxyl groups is 1. The quantitative estimate of drug-likeness (QED) is 0.0193. The second-order valence-corrected chi connectivity index (χ2v) is 21.3. The Hall–Kier alpha value is -7.43. The van der Waals surface area contributed by atoms with Gasteiger partial charge in [0, 0.05) is 39.5 Å². The molecule has 0 aliphatic carbocycles. The molecular formula is C44H39N7O15S4. The Morgan fingerprint density at radius 2 is 1.19 bits per heavy atom. The van der Waals surface area contributed by atoms with Crippen LogP contribution in [0.5, 0.6) is 11.5 Å². The lowest BCUT2D eigenvalue weighted by molar-refractivity contribution is 0.102. The summed E-state index contributed by atoms with van der Waals surface area (Å²) in [5.41, 5.74) is 8.05. The molecule has 0 bridgehead atoms. The number of nitrogen functional groups attached to an aromatic ring is 1. The first-order valence-electron chi connectivity index (χ1n) is 20.1. The van der Waals surface area contributed by atoms with E-state index >= 15 is 0 Å². The number of benzene rings is 7. The van der Waals surface area contributed by atoms with E-state index in [4.69, 9.17) is 15.0 Å². The Labute approximate surface area is 399 Å². The fraction of sp³-hybridized carbons (Fsp3) is 0.114. The number of azo groups is 2. The third kappa shape index (κ3) is 12.0. The summed E-state index contributed by atoms with van der Waals surface area (Å²) in [7, 11) is -18.6. The summed E-state index contributed by atoms with van der Waals surface area (Å²) in [6.45, 7) is 3.18. The molecule has 0 aliphatic rings. The maximum Gasteiger partial charge on any atom is 0.296 e. The molecule has 0 aliphatic heterocycles. The average molecular weight is 1030 g/mol. The van der Waals surface area contributed by atoms with Gasteiger partial charge in [-0.3, -0.25) is 23.0 Å². The summed E-state index contributed by atoms with van der Waals surface area (Å²) >= 11 is 0. The van der Waals surface area contributed by atoms with E-state index in [2.05, 4.69) is 31.1 Å². The Morgan fingerprint density at radius 3 is 1.81 bits per heavy atom. The normalized spacial score (nSPS) is 12.5. The number of nitrogens with two attached hydrogens (primary N) is 1. The summed E-state index contributed by atoms with van der Waals surface area (Å²) in [6.07, 6.45) is -0.103. The topological polar surface area (TPSA) is 364 Å². The number of fused-ring (bicyclic) bond motifs is 2. The smallest absolute Gasteiger partial charge is 0.296 e. The summed E-state index contributed by atoms with van der Waals surface area (Å²) in [5.74, 6) is -1.73. The Bertz CT molecular complexity index is 3800. The van der Waals surface area contributed by atoms with Gasteiger partial charge in [0.05, 0.1) is 40.0 Å². The number of carbonyl (C=O) groups excluding carboxylic acids is 1. The predicted molar refractivity (Wildman–Crippen MR) is 258 cm³/mol. The number of amides is 1. The maximum atomic E-state index is 13.2. The van der Waals surface area contributed by atoms with Crippen molar-refractivity contribution in [1.29, 1.82) is 0 Å². The van der Waals surface area contributed by atoms with E-state index in [0.29, 0.717) is 33.6 Å². The van der Waals surface area contributed by atoms with Crippen LogP contribution in [-0.2, 0) is 40.5 Å². The van der Waals surface area contributed by atoms with Gasteiger partial charge in [0.2, 0.25) is 0 Å². The lowest BCUT2D eigenvalue weighted by Gasteiger charge is -2.13. The highest BCUT2D eigenvalue weighted by Crippen LogP contribution is 2.43. The van der Waals surface area contributed by atoms with Crippen molar-refractivity contribution in [2.75, 3.05) is 28.7 Å². The molecule has 0 atom stereocenters. The lowest BCUT2D eigenvalue weighted by Crippen LogP contribution is -2.11. The van der Waals surface area contributed by atoms with Crippen LogP contribution in [0.3, 0.4) is 0 Å². The van der Waals surface area contributed by atoms with Crippen LogP contribution in [0, 0.1) is 13.8 Å². The average Bonchev–Trinajstić information content (AvgIpc) is 3.27. The molecule has 9 N–H and O–H groups in total. The number of phenols is 1. The highest BCUT2D eigenvalue weighted by Gasteiger charge is 2.23. The summed E-state index contributed by atoms with van der Waals surface area (Å²) in [4.78, 5) is 11.4. The van der Waals surface area contributed by atoms with Crippen LogP contribution in [0.4, 0.5) is 45.5 Å². The largest absolute Gasteiger partial charge is 0.505 e. The van der Waals surface area contributed by atoms with E-state index < -0.39 is 78.3 Å². The first kappa shape index (κ1) is 50.4. The minimum absolute atomic E-state index is 0.0132. The van der Waals surface area contributed by atoms with Crippen molar-refractivity contribution < 1.29 is 66.5 Å². The Balaban J connectivity index is 1.05. The Kier molecular flexibility index (Phi) is 14.1. The maximum absolute atomic E-state index is 13.2. The van der Waals surface area contributed by atoms with Gasteiger partial charge >= 0.3 is 0 Å². The number of hydrogen-bond donors (Lipinski definition) is 8. The van der Waals surface area contributed by atoms with Crippen molar-refractivity contribution in [3.05, 3.63) is 126 Å². The lowest BCUT2D eigenvalue weighted by atomic mass is 10.1. The van der Waals surface area contributed by atoms with Gasteiger partial charge in [0.15, 0.2) is 5.75 Å². The van der Waals surface area contributed by atoms with Gasteiger partial charge in [-0.2, -0.15) is 49.0 Å². The van der Waals surface area contributed by atoms with Crippen LogP contribution >= 0.6 is 0 Å². The molecule has 0 saturated carbocycles. The molecule has 364 valence electrons. The van der Waals surface area contributed by atoms with Crippen LogP contribution in [0.2, 0.25) is 0 Å². The third-order valence-electron chi connectivity index (χ3n) is 10.3. The van der Waals surface area contributed by atoms with Crippen molar-refractivity contribution in [3.8, 4) is 11.5 Å². The van der Waals surface area contributed by atoms with E-state index in [1.807, 2.05) is 0 Å². The molecule has 0 spiro atoms. The minimum atomic E-state index is -4.99. The van der Waals surface area contributed by atoms with Gasteiger partial charge in [-0.05, 0) is 145 Å². The van der Waals surface area contributed by atoms with Crippen LogP contribution < -0.4 is 21.1 Å². The minimum Gasteiger partial charge on any atom is -0.505 e. The third-order valence-corrected chi connectivity index (χ3v) is 13.7. The van der Waals surface area contributed by atoms with Crippen molar-refractivity contribution in [2.45, 2.75) is 35.0 Å². The molecule has 1 amide bonds. The van der Waals surface area contributed by atoms with Crippen molar-refractivity contribution in [2.24, 2.45) is 20.5 Å². The van der Waals surface area contributed by atoms with E-state index in [-0.39, 0.29) is 63.2 Å². The number of rotatable bonds is 16. The molecule has 26 heteroatoms. The molecule has 70 heavy (non-hydrogen) atoms. The monoisotopic (exact) mass is 1030 g/mol. The molecule has 0 aromatic heterocycles. The zero-order chi connectivity index (χ0) is 50.9. The second kappa shape index (κ2) is 19.5. The Morgan fingerprint density at radius 1 is 0.614 bits per heavy atom. The number of aryl methyl sites for hydroxylation is 2. The molecule has 7 aromatic carbocycles. The molecule has 0 heterocycles. The van der Waals surface area contributed by atoms with E-state index in [0.717, 1.165) is 18.2 Å². The molecule has 0 fully saturated rings. The molecular weight excluding hydrogens is 995 g/mol. The van der Waals surface area contributed by atoms with Gasteiger partial charge in [-0.15, -0.1) is 5.11 Å².